The van der Waals surface area contributed by atoms with E-state index < -0.39 is 0 Å². The lowest BCUT2D eigenvalue weighted by molar-refractivity contribution is 0.741. The second-order valence-corrected chi connectivity index (χ2v) is 3.94. The molecule has 0 fully saturated rings. The molecule has 0 spiro atoms. The molecule has 15 heavy (non-hydrogen) atoms. The van der Waals surface area contributed by atoms with Crippen molar-refractivity contribution in [3.8, 4) is 0 Å². The summed E-state index contributed by atoms with van der Waals surface area (Å²) in [6, 6.07) is 4.05. The van der Waals surface area contributed by atoms with Crippen LogP contribution in [0.5, 0.6) is 0 Å². The third kappa shape index (κ3) is 2.46. The van der Waals surface area contributed by atoms with Crippen molar-refractivity contribution in [1.29, 1.82) is 5.41 Å². The molecule has 4 heteroatoms. The molecule has 0 atom stereocenters. The highest BCUT2D eigenvalue weighted by Crippen LogP contribution is 2.18. The van der Waals surface area contributed by atoms with Crippen LogP contribution in [0.1, 0.15) is 25.1 Å². The van der Waals surface area contributed by atoms with Crippen LogP contribution in [0.25, 0.3) is 0 Å². The van der Waals surface area contributed by atoms with Gasteiger partial charge in [0.15, 0.2) is 0 Å². The smallest absolute Gasteiger partial charge is 0.139 e. The Balaban J connectivity index is 3.24. The summed E-state index contributed by atoms with van der Waals surface area (Å²) >= 11 is 0. The molecule has 0 aliphatic heterocycles. The van der Waals surface area contributed by atoms with Gasteiger partial charge < -0.3 is 10.6 Å². The molecule has 1 rings (SSSR count). The highest BCUT2D eigenvalue weighted by Gasteiger charge is 2.13. The summed E-state index contributed by atoms with van der Waals surface area (Å²) in [7, 11) is 1.96. The van der Waals surface area contributed by atoms with Gasteiger partial charge in [0.05, 0.1) is 5.56 Å². The number of pyridine rings is 1. The van der Waals surface area contributed by atoms with E-state index in [0.717, 1.165) is 11.5 Å². The Hall–Kier alpha value is -1.58. The molecule has 0 radical (unpaired) electrons. The van der Waals surface area contributed by atoms with E-state index in [0.29, 0.717) is 11.6 Å². The SMILES string of the molecule is Cc1ccc(C(=N)N)c(N(C)C(C)C)n1. The average Bonchev–Trinajstić information content (AvgIpc) is 2.15. The molecule has 1 aromatic rings. The number of hydrogen-bond acceptors (Lipinski definition) is 3. The molecule has 82 valence electrons. The molecule has 0 saturated carbocycles. The Morgan fingerprint density at radius 2 is 2.07 bits per heavy atom. The van der Waals surface area contributed by atoms with Crippen LogP contribution in [0.2, 0.25) is 0 Å². The predicted molar refractivity (Wildman–Crippen MR) is 63.5 cm³/mol. The maximum absolute atomic E-state index is 7.49. The van der Waals surface area contributed by atoms with E-state index in [1.807, 2.05) is 31.0 Å². The van der Waals surface area contributed by atoms with Gasteiger partial charge in [0.25, 0.3) is 0 Å². The third-order valence-electron chi connectivity index (χ3n) is 2.41. The van der Waals surface area contributed by atoms with E-state index in [1.165, 1.54) is 0 Å². The minimum atomic E-state index is 0.0602. The molecule has 0 aliphatic carbocycles. The van der Waals surface area contributed by atoms with Crippen LogP contribution in [0.3, 0.4) is 0 Å². The fourth-order valence-corrected chi connectivity index (χ4v) is 1.27. The molecule has 0 amide bonds. The molecule has 0 unspecified atom stereocenters. The first-order valence-corrected chi connectivity index (χ1v) is 4.98. The summed E-state index contributed by atoms with van der Waals surface area (Å²) in [5.74, 6) is 0.836. The molecular weight excluding hydrogens is 188 g/mol. The minimum Gasteiger partial charge on any atom is -0.384 e. The average molecular weight is 206 g/mol. The molecule has 4 nitrogen and oxygen atoms in total. The molecule has 3 N–H and O–H groups in total. The fraction of sp³-hybridized carbons (Fsp3) is 0.455. The van der Waals surface area contributed by atoms with E-state index in [4.69, 9.17) is 11.1 Å². The van der Waals surface area contributed by atoms with E-state index in [2.05, 4.69) is 18.8 Å². The Kier molecular flexibility index (Phi) is 3.29. The Morgan fingerprint density at radius 1 is 1.47 bits per heavy atom. The molecule has 0 bridgehead atoms. The van der Waals surface area contributed by atoms with Gasteiger partial charge in [0.1, 0.15) is 11.7 Å². The number of nitrogens with zero attached hydrogens (tertiary/aromatic N) is 2. The summed E-state index contributed by atoms with van der Waals surface area (Å²) in [4.78, 5) is 6.44. The van der Waals surface area contributed by atoms with Crippen LogP contribution in [0.15, 0.2) is 12.1 Å². The van der Waals surface area contributed by atoms with E-state index in [1.54, 1.807) is 0 Å². The van der Waals surface area contributed by atoms with Gasteiger partial charge in [-0.3, -0.25) is 5.41 Å². The van der Waals surface area contributed by atoms with Crippen LogP contribution in [0.4, 0.5) is 5.82 Å². The van der Waals surface area contributed by atoms with Gasteiger partial charge in [-0.2, -0.15) is 0 Å². The zero-order chi connectivity index (χ0) is 11.6. The van der Waals surface area contributed by atoms with Crippen molar-refractivity contribution in [1.82, 2.24) is 4.98 Å². The van der Waals surface area contributed by atoms with Crippen molar-refractivity contribution < 1.29 is 0 Å². The largest absolute Gasteiger partial charge is 0.384 e. The summed E-state index contributed by atoms with van der Waals surface area (Å²) in [6.07, 6.45) is 0. The topological polar surface area (TPSA) is 66.0 Å². The number of aromatic nitrogens is 1. The van der Waals surface area contributed by atoms with Crippen molar-refractivity contribution in [3.05, 3.63) is 23.4 Å². The summed E-state index contributed by atoms with van der Waals surface area (Å²) < 4.78 is 0. The van der Waals surface area contributed by atoms with Gasteiger partial charge in [0.2, 0.25) is 0 Å². The number of nitrogens with one attached hydrogen (secondary N) is 1. The van der Waals surface area contributed by atoms with Crippen molar-refractivity contribution in [2.75, 3.05) is 11.9 Å². The van der Waals surface area contributed by atoms with Gasteiger partial charge in [-0.1, -0.05) is 0 Å². The number of nitrogen functional groups attached to an aromatic ring is 1. The first kappa shape index (κ1) is 11.5. The highest BCUT2D eigenvalue weighted by molar-refractivity contribution is 5.99. The number of aryl methyl sites for hydroxylation is 1. The molecule has 0 saturated heterocycles. The first-order valence-electron chi connectivity index (χ1n) is 4.98. The van der Waals surface area contributed by atoms with Gasteiger partial charge in [0, 0.05) is 18.8 Å². The molecule has 1 aromatic heterocycles. The van der Waals surface area contributed by atoms with Crippen molar-refractivity contribution in [2.24, 2.45) is 5.73 Å². The Morgan fingerprint density at radius 3 is 2.53 bits per heavy atom. The maximum atomic E-state index is 7.49. The van der Waals surface area contributed by atoms with Crippen molar-refractivity contribution in [2.45, 2.75) is 26.8 Å². The number of anilines is 1. The summed E-state index contributed by atoms with van der Waals surface area (Å²) in [5, 5.41) is 7.49. The van der Waals surface area contributed by atoms with E-state index >= 15 is 0 Å². The normalized spacial score (nSPS) is 10.5. The van der Waals surface area contributed by atoms with E-state index in [-0.39, 0.29) is 5.84 Å². The van der Waals surface area contributed by atoms with Crippen molar-refractivity contribution >= 4 is 11.7 Å². The summed E-state index contributed by atoms with van der Waals surface area (Å²) in [6.45, 7) is 6.09. The van der Waals surface area contributed by atoms with E-state index in [9.17, 15) is 0 Å². The number of rotatable bonds is 3. The molecule has 0 aliphatic rings. The number of nitrogens with two attached hydrogens (primary N) is 1. The lowest BCUT2D eigenvalue weighted by Gasteiger charge is -2.25. The third-order valence-corrected chi connectivity index (χ3v) is 2.41. The Labute approximate surface area is 90.6 Å². The van der Waals surface area contributed by atoms with Crippen LogP contribution in [0, 0.1) is 12.3 Å². The van der Waals surface area contributed by atoms with Gasteiger partial charge in [-0.05, 0) is 32.9 Å². The standard InChI is InChI=1S/C11H18N4/c1-7(2)15(4)11-9(10(12)13)6-5-8(3)14-11/h5-7H,1-4H3,(H3,12,13). The monoisotopic (exact) mass is 206 g/mol. The summed E-state index contributed by atoms with van der Waals surface area (Å²) in [5.41, 5.74) is 7.14. The molecule has 1 heterocycles. The quantitative estimate of drug-likeness (QED) is 0.582. The van der Waals surface area contributed by atoms with Gasteiger partial charge in [-0.25, -0.2) is 4.98 Å². The molecular formula is C11H18N4. The van der Waals surface area contributed by atoms with Crippen LogP contribution >= 0.6 is 0 Å². The number of hydrogen-bond donors (Lipinski definition) is 2. The van der Waals surface area contributed by atoms with Crippen molar-refractivity contribution in [3.63, 3.8) is 0 Å². The number of amidine groups is 1. The minimum absolute atomic E-state index is 0.0602. The predicted octanol–water partition coefficient (Wildman–Crippen LogP) is 1.52. The second kappa shape index (κ2) is 4.29. The first-order chi connectivity index (χ1) is 6.93. The fourth-order valence-electron chi connectivity index (χ4n) is 1.27. The lowest BCUT2D eigenvalue weighted by Crippen LogP contribution is -2.29. The second-order valence-electron chi connectivity index (χ2n) is 3.94. The highest BCUT2D eigenvalue weighted by atomic mass is 15.2. The van der Waals surface area contributed by atoms with Crippen LogP contribution < -0.4 is 10.6 Å². The van der Waals surface area contributed by atoms with Crippen LogP contribution in [-0.2, 0) is 0 Å². The van der Waals surface area contributed by atoms with Gasteiger partial charge >= 0.3 is 0 Å². The Bertz CT molecular complexity index is 371. The van der Waals surface area contributed by atoms with Gasteiger partial charge in [-0.15, -0.1) is 0 Å². The zero-order valence-electron chi connectivity index (χ0n) is 9.70. The van der Waals surface area contributed by atoms with Crippen LogP contribution in [-0.4, -0.2) is 23.9 Å². The molecule has 0 aromatic carbocycles. The zero-order valence-corrected chi connectivity index (χ0v) is 9.70. The lowest BCUT2D eigenvalue weighted by atomic mass is 10.2. The maximum Gasteiger partial charge on any atom is 0.139 e.